The first-order valence-corrected chi connectivity index (χ1v) is 11.7. The van der Waals surface area contributed by atoms with Gasteiger partial charge in [-0.3, -0.25) is 0 Å². The lowest BCUT2D eigenvalue weighted by molar-refractivity contribution is 0.212. The number of rotatable bonds is 20. The lowest BCUT2D eigenvalue weighted by atomic mass is 10.1. The number of nitrogens with two attached hydrogens (primary N) is 1. The molecule has 0 aromatic carbocycles. The zero-order valence-electron chi connectivity index (χ0n) is 18.0. The van der Waals surface area contributed by atoms with E-state index in [9.17, 15) is 0 Å². The standard InChI is InChI=1S/C23H50N2/c1-4-5-6-7-8-9-10-11-12-13-15-18-21-25(23(2)3)22-19-16-14-17-20-24/h23H,4-22,24H2,1-3H3. The van der Waals surface area contributed by atoms with Crippen LogP contribution in [-0.4, -0.2) is 30.6 Å². The molecule has 0 amide bonds. The molecule has 0 fully saturated rings. The van der Waals surface area contributed by atoms with Crippen molar-refractivity contribution in [1.82, 2.24) is 4.90 Å². The molecule has 0 spiro atoms. The molecule has 2 nitrogen and oxygen atoms in total. The number of hydrogen-bond acceptors (Lipinski definition) is 2. The molecule has 0 saturated carbocycles. The first-order valence-electron chi connectivity index (χ1n) is 11.7. The molecule has 0 bridgehead atoms. The highest BCUT2D eigenvalue weighted by molar-refractivity contribution is 4.63. The van der Waals surface area contributed by atoms with Gasteiger partial charge in [-0.1, -0.05) is 90.4 Å². The largest absolute Gasteiger partial charge is 0.330 e. The van der Waals surface area contributed by atoms with Crippen LogP contribution in [0.3, 0.4) is 0 Å². The maximum Gasteiger partial charge on any atom is 0.00385 e. The first-order chi connectivity index (χ1) is 12.2. The average Bonchev–Trinajstić information content (AvgIpc) is 2.60. The Kier molecular flexibility index (Phi) is 20.2. The van der Waals surface area contributed by atoms with Crippen molar-refractivity contribution in [2.75, 3.05) is 19.6 Å². The molecular formula is C23H50N2. The van der Waals surface area contributed by atoms with E-state index >= 15 is 0 Å². The topological polar surface area (TPSA) is 29.3 Å². The van der Waals surface area contributed by atoms with Gasteiger partial charge in [0.1, 0.15) is 0 Å². The van der Waals surface area contributed by atoms with Crippen LogP contribution >= 0.6 is 0 Å². The predicted octanol–water partition coefficient (Wildman–Crippen LogP) is 6.92. The third-order valence-electron chi connectivity index (χ3n) is 5.43. The molecule has 0 atom stereocenters. The van der Waals surface area contributed by atoms with Crippen LogP contribution in [0.5, 0.6) is 0 Å². The van der Waals surface area contributed by atoms with E-state index in [1.807, 2.05) is 0 Å². The molecule has 0 radical (unpaired) electrons. The summed E-state index contributed by atoms with van der Waals surface area (Å²) in [5.74, 6) is 0. The summed E-state index contributed by atoms with van der Waals surface area (Å²) in [5, 5.41) is 0. The zero-order valence-corrected chi connectivity index (χ0v) is 18.0. The Morgan fingerprint density at radius 1 is 0.560 bits per heavy atom. The van der Waals surface area contributed by atoms with E-state index < -0.39 is 0 Å². The van der Waals surface area contributed by atoms with Gasteiger partial charge >= 0.3 is 0 Å². The van der Waals surface area contributed by atoms with E-state index in [4.69, 9.17) is 5.73 Å². The number of nitrogens with zero attached hydrogens (tertiary/aromatic N) is 1. The van der Waals surface area contributed by atoms with Crippen LogP contribution in [0.2, 0.25) is 0 Å². The van der Waals surface area contributed by atoms with Crippen LogP contribution < -0.4 is 5.73 Å². The molecule has 152 valence electrons. The third kappa shape index (κ3) is 18.5. The highest BCUT2D eigenvalue weighted by atomic mass is 15.1. The Hall–Kier alpha value is -0.0800. The fourth-order valence-electron chi connectivity index (χ4n) is 3.60. The molecule has 0 aromatic heterocycles. The Morgan fingerprint density at radius 3 is 1.28 bits per heavy atom. The van der Waals surface area contributed by atoms with Gasteiger partial charge in [0.15, 0.2) is 0 Å². The van der Waals surface area contributed by atoms with Crippen LogP contribution in [0.4, 0.5) is 0 Å². The van der Waals surface area contributed by atoms with E-state index in [0.717, 1.165) is 6.54 Å². The van der Waals surface area contributed by atoms with Gasteiger partial charge in [-0.15, -0.1) is 0 Å². The van der Waals surface area contributed by atoms with Crippen molar-refractivity contribution in [3.05, 3.63) is 0 Å². The highest BCUT2D eigenvalue weighted by Gasteiger charge is 2.08. The molecule has 2 N–H and O–H groups in total. The minimum atomic E-state index is 0.696. The Morgan fingerprint density at radius 2 is 0.920 bits per heavy atom. The van der Waals surface area contributed by atoms with E-state index in [-0.39, 0.29) is 0 Å². The SMILES string of the molecule is CCCCCCCCCCCCCCN(CCCCCCN)C(C)C. The van der Waals surface area contributed by atoms with Crippen molar-refractivity contribution >= 4 is 0 Å². The molecule has 0 rings (SSSR count). The summed E-state index contributed by atoms with van der Waals surface area (Å²) in [5.41, 5.74) is 5.57. The molecule has 0 aliphatic rings. The van der Waals surface area contributed by atoms with Crippen molar-refractivity contribution in [2.24, 2.45) is 5.73 Å². The highest BCUT2D eigenvalue weighted by Crippen LogP contribution is 2.13. The minimum absolute atomic E-state index is 0.696. The van der Waals surface area contributed by atoms with Gasteiger partial charge in [-0.05, 0) is 52.7 Å². The fraction of sp³-hybridized carbons (Fsp3) is 1.00. The average molecular weight is 355 g/mol. The second kappa shape index (κ2) is 20.2. The van der Waals surface area contributed by atoms with Crippen LogP contribution in [-0.2, 0) is 0 Å². The zero-order chi connectivity index (χ0) is 18.6. The van der Waals surface area contributed by atoms with Gasteiger partial charge in [0.2, 0.25) is 0 Å². The van der Waals surface area contributed by atoms with E-state index in [2.05, 4.69) is 25.7 Å². The van der Waals surface area contributed by atoms with Crippen molar-refractivity contribution in [3.8, 4) is 0 Å². The molecule has 0 heterocycles. The summed E-state index contributed by atoms with van der Waals surface area (Å²) in [6, 6.07) is 0.696. The van der Waals surface area contributed by atoms with Crippen molar-refractivity contribution in [3.63, 3.8) is 0 Å². The van der Waals surface area contributed by atoms with Crippen molar-refractivity contribution in [2.45, 2.75) is 130 Å². The quantitative estimate of drug-likeness (QED) is 0.240. The summed E-state index contributed by atoms with van der Waals surface area (Å²) in [4.78, 5) is 2.68. The summed E-state index contributed by atoms with van der Waals surface area (Å²) in [7, 11) is 0. The second-order valence-corrected chi connectivity index (χ2v) is 8.22. The molecule has 0 aliphatic heterocycles. The van der Waals surface area contributed by atoms with Gasteiger partial charge in [0.05, 0.1) is 0 Å². The molecule has 2 heteroatoms. The van der Waals surface area contributed by atoms with Gasteiger partial charge in [-0.25, -0.2) is 0 Å². The van der Waals surface area contributed by atoms with Gasteiger partial charge in [0.25, 0.3) is 0 Å². The van der Waals surface area contributed by atoms with Gasteiger partial charge < -0.3 is 10.6 Å². The maximum atomic E-state index is 5.57. The van der Waals surface area contributed by atoms with Crippen LogP contribution in [0.25, 0.3) is 0 Å². The Bertz CT molecular complexity index is 240. The van der Waals surface area contributed by atoms with Crippen LogP contribution in [0.15, 0.2) is 0 Å². The maximum absolute atomic E-state index is 5.57. The third-order valence-corrected chi connectivity index (χ3v) is 5.43. The minimum Gasteiger partial charge on any atom is -0.330 e. The lowest BCUT2D eigenvalue weighted by Crippen LogP contribution is -2.32. The molecule has 0 aliphatic carbocycles. The Labute approximate surface area is 160 Å². The molecule has 0 saturated heterocycles. The van der Waals surface area contributed by atoms with E-state index in [0.29, 0.717) is 6.04 Å². The summed E-state index contributed by atoms with van der Waals surface area (Å²) < 4.78 is 0. The molecule has 0 aromatic rings. The lowest BCUT2D eigenvalue weighted by Gasteiger charge is -2.26. The summed E-state index contributed by atoms with van der Waals surface area (Å²) in [6.07, 6.45) is 22.5. The predicted molar refractivity (Wildman–Crippen MR) is 115 cm³/mol. The normalized spacial score (nSPS) is 11.8. The molecular weight excluding hydrogens is 304 g/mol. The van der Waals surface area contributed by atoms with E-state index in [1.54, 1.807) is 0 Å². The first kappa shape index (κ1) is 24.9. The summed E-state index contributed by atoms with van der Waals surface area (Å²) in [6.45, 7) is 10.4. The van der Waals surface area contributed by atoms with Crippen molar-refractivity contribution in [1.29, 1.82) is 0 Å². The summed E-state index contributed by atoms with van der Waals surface area (Å²) >= 11 is 0. The van der Waals surface area contributed by atoms with Gasteiger partial charge in [0, 0.05) is 6.04 Å². The molecule has 25 heavy (non-hydrogen) atoms. The smallest absolute Gasteiger partial charge is 0.00385 e. The Balaban J connectivity index is 3.38. The fourth-order valence-corrected chi connectivity index (χ4v) is 3.60. The second-order valence-electron chi connectivity index (χ2n) is 8.22. The van der Waals surface area contributed by atoms with Crippen molar-refractivity contribution < 1.29 is 0 Å². The molecule has 0 unspecified atom stereocenters. The van der Waals surface area contributed by atoms with E-state index in [1.165, 1.54) is 116 Å². The number of unbranched alkanes of at least 4 members (excludes halogenated alkanes) is 14. The van der Waals surface area contributed by atoms with Crippen LogP contribution in [0, 0.1) is 0 Å². The number of hydrogen-bond donors (Lipinski definition) is 1. The monoisotopic (exact) mass is 354 g/mol. The van der Waals surface area contributed by atoms with Gasteiger partial charge in [-0.2, -0.15) is 0 Å². The van der Waals surface area contributed by atoms with Crippen LogP contribution in [0.1, 0.15) is 124 Å².